The molecule has 0 atom stereocenters. The van der Waals surface area contributed by atoms with Crippen LogP contribution in [0.15, 0.2) is 24.3 Å². The van der Waals surface area contributed by atoms with Gasteiger partial charge in [0.15, 0.2) is 0 Å². The second-order valence-electron chi connectivity index (χ2n) is 1.59. The molecule has 0 saturated carbocycles. The number of carbonyl (C=O) groups excluding carboxylic acids is 1. The van der Waals surface area contributed by atoms with Crippen LogP contribution in [0.25, 0.3) is 0 Å². The van der Waals surface area contributed by atoms with Gasteiger partial charge in [0.2, 0.25) is 0 Å². The Hall–Kier alpha value is -1.55. The average molecular weight is 157 g/mol. The zero-order chi connectivity index (χ0) is 7.98. The third kappa shape index (κ3) is 4.92. The molecule has 0 unspecified atom stereocenters. The van der Waals surface area contributed by atoms with Crippen molar-refractivity contribution in [3.8, 4) is 5.75 Å². The minimum absolute atomic E-state index is 0. The van der Waals surface area contributed by atoms with Crippen LogP contribution in [0.1, 0.15) is 0 Å². The highest BCUT2D eigenvalue weighted by Gasteiger charge is 1.83. The Labute approximate surface area is 64.6 Å². The van der Waals surface area contributed by atoms with Crippen LogP contribution in [0.3, 0.4) is 0 Å². The number of anilines is 1. The van der Waals surface area contributed by atoms with Crippen molar-refractivity contribution in [2.75, 3.05) is 5.73 Å². The maximum Gasteiger partial charge on any atom is 0.117 e. The summed E-state index contributed by atoms with van der Waals surface area (Å²) in [6.45, 7) is 2.00. The molecule has 62 valence electrons. The Bertz CT molecular complexity index is 185. The van der Waals surface area contributed by atoms with Gasteiger partial charge >= 0.3 is 0 Å². The quantitative estimate of drug-likeness (QED) is 0.517. The summed E-state index contributed by atoms with van der Waals surface area (Å²) in [5.74, 6) is 0.213. The first-order valence-electron chi connectivity index (χ1n) is 2.62. The number of nitrogens with two attached hydrogens (primary N) is 1. The lowest BCUT2D eigenvalue weighted by Crippen LogP contribution is -1.80. The molecule has 0 spiro atoms. The van der Waals surface area contributed by atoms with Gasteiger partial charge < -0.3 is 21.1 Å². The van der Waals surface area contributed by atoms with Crippen molar-refractivity contribution < 1.29 is 15.4 Å². The van der Waals surface area contributed by atoms with Crippen molar-refractivity contribution in [2.45, 2.75) is 0 Å². The van der Waals surface area contributed by atoms with Crippen LogP contribution in [0.4, 0.5) is 5.69 Å². The van der Waals surface area contributed by atoms with Crippen molar-refractivity contribution >= 4 is 12.5 Å². The van der Waals surface area contributed by atoms with E-state index in [1.165, 1.54) is 6.07 Å². The van der Waals surface area contributed by atoms with Gasteiger partial charge in [-0.1, -0.05) is 6.07 Å². The van der Waals surface area contributed by atoms with E-state index in [9.17, 15) is 0 Å². The van der Waals surface area contributed by atoms with E-state index in [1.54, 1.807) is 18.2 Å². The topological polar surface area (TPSA) is 94.8 Å². The summed E-state index contributed by atoms with van der Waals surface area (Å²) < 4.78 is 0. The summed E-state index contributed by atoms with van der Waals surface area (Å²) in [6, 6.07) is 6.50. The Morgan fingerprint density at radius 2 is 1.91 bits per heavy atom. The Kier molecular flexibility index (Phi) is 7.26. The summed E-state index contributed by atoms with van der Waals surface area (Å²) in [5, 5.41) is 8.73. The third-order valence-corrected chi connectivity index (χ3v) is 0.870. The molecule has 0 amide bonds. The highest BCUT2D eigenvalue weighted by atomic mass is 16.3. The predicted octanol–water partition coefficient (Wildman–Crippen LogP) is -0.0352. The molecule has 0 bridgehead atoms. The second-order valence-corrected chi connectivity index (χ2v) is 1.59. The van der Waals surface area contributed by atoms with Crippen molar-refractivity contribution in [1.29, 1.82) is 0 Å². The number of rotatable bonds is 0. The maximum atomic E-state index is 8.73. The van der Waals surface area contributed by atoms with Crippen LogP contribution in [-0.4, -0.2) is 17.4 Å². The lowest BCUT2D eigenvalue weighted by atomic mass is 10.3. The standard InChI is InChI=1S/C6H7NO.CH2O.H2O/c7-5-2-1-3-6(8)4-5;1-2;/h1-4,8H,7H2;1H2;1H2. The summed E-state index contributed by atoms with van der Waals surface area (Å²) in [4.78, 5) is 8.00. The fraction of sp³-hybridized carbons (Fsp3) is 0. The molecule has 11 heavy (non-hydrogen) atoms. The molecular weight excluding hydrogens is 146 g/mol. The predicted molar refractivity (Wildman–Crippen MR) is 43.3 cm³/mol. The zero-order valence-corrected chi connectivity index (χ0v) is 5.95. The minimum Gasteiger partial charge on any atom is -0.508 e. The molecule has 5 N–H and O–H groups in total. The molecule has 4 nitrogen and oxygen atoms in total. The van der Waals surface area contributed by atoms with Gasteiger partial charge in [0.1, 0.15) is 12.5 Å². The van der Waals surface area contributed by atoms with Gasteiger partial charge in [0, 0.05) is 11.8 Å². The van der Waals surface area contributed by atoms with Crippen LogP contribution in [-0.2, 0) is 4.79 Å². The van der Waals surface area contributed by atoms with E-state index in [0.717, 1.165) is 0 Å². The summed E-state index contributed by atoms with van der Waals surface area (Å²) in [6.07, 6.45) is 0. The van der Waals surface area contributed by atoms with E-state index in [0.29, 0.717) is 5.69 Å². The number of hydrogen-bond acceptors (Lipinski definition) is 3. The lowest BCUT2D eigenvalue weighted by molar-refractivity contribution is -0.0979. The number of hydrogen-bond donors (Lipinski definition) is 2. The molecule has 0 radical (unpaired) electrons. The molecule has 0 aromatic heterocycles. The number of phenolic OH excluding ortho intramolecular Hbond substituents is 1. The van der Waals surface area contributed by atoms with Gasteiger partial charge in [-0.05, 0) is 12.1 Å². The number of phenols is 1. The molecule has 1 rings (SSSR count). The van der Waals surface area contributed by atoms with E-state index >= 15 is 0 Å². The Morgan fingerprint density at radius 1 is 1.36 bits per heavy atom. The van der Waals surface area contributed by atoms with E-state index in [4.69, 9.17) is 15.6 Å². The molecule has 1 aromatic carbocycles. The van der Waals surface area contributed by atoms with E-state index in [2.05, 4.69) is 0 Å². The SMILES string of the molecule is C=O.Nc1cccc(O)c1.O. The summed E-state index contributed by atoms with van der Waals surface area (Å²) in [7, 11) is 0. The van der Waals surface area contributed by atoms with Gasteiger partial charge in [-0.2, -0.15) is 0 Å². The zero-order valence-electron chi connectivity index (χ0n) is 5.95. The fourth-order valence-corrected chi connectivity index (χ4v) is 0.525. The third-order valence-electron chi connectivity index (χ3n) is 0.870. The van der Waals surface area contributed by atoms with Gasteiger partial charge in [0.05, 0.1) is 0 Å². The largest absolute Gasteiger partial charge is 0.508 e. The van der Waals surface area contributed by atoms with Gasteiger partial charge in [0.25, 0.3) is 0 Å². The second kappa shape index (κ2) is 6.57. The molecule has 0 aliphatic rings. The van der Waals surface area contributed by atoms with Crippen LogP contribution in [0.5, 0.6) is 5.75 Å². The van der Waals surface area contributed by atoms with Crippen molar-refractivity contribution in [3.63, 3.8) is 0 Å². The maximum absolute atomic E-state index is 8.73. The lowest BCUT2D eigenvalue weighted by Gasteiger charge is -1.90. The van der Waals surface area contributed by atoms with E-state index < -0.39 is 0 Å². The molecule has 0 heterocycles. The highest BCUT2D eigenvalue weighted by Crippen LogP contribution is 2.10. The number of carbonyl (C=O) groups is 1. The van der Waals surface area contributed by atoms with Gasteiger partial charge in [-0.25, -0.2) is 0 Å². The van der Waals surface area contributed by atoms with Crippen LogP contribution in [0, 0.1) is 0 Å². The van der Waals surface area contributed by atoms with Gasteiger partial charge in [-0.15, -0.1) is 0 Å². The van der Waals surface area contributed by atoms with Crippen LogP contribution >= 0.6 is 0 Å². The summed E-state index contributed by atoms with van der Waals surface area (Å²) >= 11 is 0. The first kappa shape index (κ1) is 12.2. The highest BCUT2D eigenvalue weighted by molar-refractivity contribution is 5.42. The monoisotopic (exact) mass is 157 g/mol. The summed E-state index contributed by atoms with van der Waals surface area (Å²) in [5.41, 5.74) is 5.89. The molecular formula is C7H11NO3. The van der Waals surface area contributed by atoms with Crippen LogP contribution in [0.2, 0.25) is 0 Å². The first-order chi connectivity index (χ1) is 4.79. The molecule has 0 saturated heterocycles. The van der Waals surface area contributed by atoms with Gasteiger partial charge in [-0.3, -0.25) is 0 Å². The Morgan fingerprint density at radius 3 is 2.18 bits per heavy atom. The van der Waals surface area contributed by atoms with Crippen molar-refractivity contribution in [2.24, 2.45) is 0 Å². The number of benzene rings is 1. The van der Waals surface area contributed by atoms with E-state index in [-0.39, 0.29) is 11.2 Å². The number of aromatic hydroxyl groups is 1. The van der Waals surface area contributed by atoms with E-state index in [1.807, 2.05) is 6.79 Å². The molecule has 0 fully saturated rings. The normalized spacial score (nSPS) is 6.91. The molecule has 0 aliphatic carbocycles. The van der Waals surface area contributed by atoms with Crippen molar-refractivity contribution in [1.82, 2.24) is 0 Å². The smallest absolute Gasteiger partial charge is 0.117 e. The Balaban J connectivity index is 0. The molecule has 4 heteroatoms. The molecule has 0 aliphatic heterocycles. The van der Waals surface area contributed by atoms with Crippen molar-refractivity contribution in [3.05, 3.63) is 24.3 Å². The van der Waals surface area contributed by atoms with Crippen LogP contribution < -0.4 is 5.73 Å². The fourth-order valence-electron chi connectivity index (χ4n) is 0.525. The average Bonchev–Trinajstić information content (AvgIpc) is 1.91. The molecule has 1 aromatic rings. The first-order valence-corrected chi connectivity index (χ1v) is 2.62. The minimum atomic E-state index is 0. The number of nitrogen functional groups attached to an aromatic ring is 1.